The van der Waals surface area contributed by atoms with Crippen LogP contribution in [0.4, 0.5) is 5.69 Å². The Morgan fingerprint density at radius 3 is 2.49 bits per heavy atom. The number of nitrogens with one attached hydrogen (secondary N) is 1. The van der Waals surface area contributed by atoms with E-state index >= 15 is 0 Å². The molecule has 1 amide bonds. The van der Waals surface area contributed by atoms with Crippen molar-refractivity contribution in [3.8, 4) is 22.9 Å². The quantitative estimate of drug-likeness (QED) is 0.301. The maximum absolute atomic E-state index is 13.5. The molecule has 35 heavy (non-hydrogen) atoms. The summed E-state index contributed by atoms with van der Waals surface area (Å²) in [5.41, 5.74) is 1.50. The molecule has 0 atom stereocenters. The van der Waals surface area contributed by atoms with Crippen molar-refractivity contribution < 1.29 is 18.7 Å². The molecule has 180 valence electrons. The van der Waals surface area contributed by atoms with Crippen LogP contribution in [0.1, 0.15) is 32.4 Å². The van der Waals surface area contributed by atoms with E-state index in [-0.39, 0.29) is 5.70 Å². The first-order chi connectivity index (χ1) is 17.2. The molecule has 0 aliphatic heterocycles. The molecular formula is C26H27N5O4. The molecule has 9 nitrogen and oxygen atoms in total. The Kier molecular flexibility index (Phi) is 7.90. The van der Waals surface area contributed by atoms with Gasteiger partial charge in [0.05, 0.1) is 19.5 Å². The second-order valence-corrected chi connectivity index (χ2v) is 7.64. The Morgan fingerprint density at radius 1 is 1.00 bits per heavy atom. The van der Waals surface area contributed by atoms with Gasteiger partial charge in [0.2, 0.25) is 0 Å². The molecule has 0 aliphatic rings. The van der Waals surface area contributed by atoms with Crippen molar-refractivity contribution in [2.75, 3.05) is 18.5 Å². The molecule has 2 aromatic heterocycles. The molecule has 0 saturated heterocycles. The van der Waals surface area contributed by atoms with Crippen LogP contribution in [0, 0.1) is 0 Å². The first-order valence-corrected chi connectivity index (χ1v) is 11.5. The molecule has 9 heteroatoms. The van der Waals surface area contributed by atoms with Gasteiger partial charge in [-0.15, -0.1) is 5.10 Å². The lowest BCUT2D eigenvalue weighted by Gasteiger charge is -2.15. The molecule has 0 radical (unpaired) electrons. The predicted octanol–water partition coefficient (Wildman–Crippen LogP) is 5.15. The number of anilines is 1. The Balaban J connectivity index is 1.67. The van der Waals surface area contributed by atoms with Gasteiger partial charge in [0, 0.05) is 23.4 Å². The highest BCUT2D eigenvalue weighted by atomic mass is 16.5. The van der Waals surface area contributed by atoms with Crippen molar-refractivity contribution in [2.45, 2.75) is 26.7 Å². The Bertz CT molecular complexity index is 1270. The largest absolute Gasteiger partial charge is 0.490 e. The zero-order valence-electron chi connectivity index (χ0n) is 19.7. The summed E-state index contributed by atoms with van der Waals surface area (Å²) in [6, 6.07) is 18.2. The summed E-state index contributed by atoms with van der Waals surface area (Å²) < 4.78 is 18.5. The van der Waals surface area contributed by atoms with Crippen molar-refractivity contribution in [3.05, 3.63) is 72.7 Å². The topological polar surface area (TPSA) is 104 Å². The van der Waals surface area contributed by atoms with Crippen LogP contribution in [0.5, 0.6) is 11.5 Å². The van der Waals surface area contributed by atoms with Gasteiger partial charge in [0.25, 0.3) is 5.91 Å². The van der Waals surface area contributed by atoms with E-state index in [1.165, 1.54) is 10.9 Å². The Labute approximate surface area is 203 Å². The van der Waals surface area contributed by atoms with Gasteiger partial charge < -0.3 is 19.2 Å². The number of hydrogen-bond acceptors (Lipinski definition) is 7. The van der Waals surface area contributed by atoms with Gasteiger partial charge >= 0.3 is 0 Å². The van der Waals surface area contributed by atoms with E-state index in [1.807, 2.05) is 44.2 Å². The minimum atomic E-state index is -0.422. The first kappa shape index (κ1) is 23.7. The van der Waals surface area contributed by atoms with E-state index in [4.69, 9.17) is 13.9 Å². The van der Waals surface area contributed by atoms with Gasteiger partial charge in [-0.2, -0.15) is 4.68 Å². The van der Waals surface area contributed by atoms with Crippen molar-refractivity contribution in [1.29, 1.82) is 0 Å². The lowest BCUT2D eigenvalue weighted by molar-refractivity contribution is -0.111. The van der Waals surface area contributed by atoms with E-state index in [1.54, 1.807) is 36.4 Å². The van der Waals surface area contributed by atoms with E-state index in [9.17, 15) is 4.79 Å². The van der Waals surface area contributed by atoms with Crippen LogP contribution in [0.15, 0.2) is 71.3 Å². The number of hydrogen-bond donors (Lipinski definition) is 1. The summed E-state index contributed by atoms with van der Waals surface area (Å²) in [5, 5.41) is 14.9. The Morgan fingerprint density at radius 2 is 1.77 bits per heavy atom. The number of carbonyl (C=O) groups excluding carboxylic acids is 1. The number of nitrogens with zero attached hydrogens (tertiary/aromatic N) is 4. The average molecular weight is 474 g/mol. The summed E-state index contributed by atoms with van der Waals surface area (Å²) in [7, 11) is 0. The highest BCUT2D eigenvalue weighted by Crippen LogP contribution is 2.31. The van der Waals surface area contributed by atoms with Crippen molar-refractivity contribution in [1.82, 2.24) is 20.2 Å². The van der Waals surface area contributed by atoms with Gasteiger partial charge in [-0.1, -0.05) is 44.2 Å². The molecule has 0 bridgehead atoms. The number of benzene rings is 2. The third-order valence-corrected chi connectivity index (χ3v) is 4.91. The van der Waals surface area contributed by atoms with E-state index in [2.05, 4.69) is 20.8 Å². The monoisotopic (exact) mass is 473 g/mol. The van der Waals surface area contributed by atoms with Gasteiger partial charge in [0.15, 0.2) is 17.3 Å². The molecule has 0 unspecified atom stereocenters. The normalized spacial score (nSPS) is 11.3. The van der Waals surface area contributed by atoms with E-state index in [0.717, 1.165) is 18.4 Å². The second-order valence-electron chi connectivity index (χ2n) is 7.64. The highest BCUT2D eigenvalue weighted by molar-refractivity contribution is 6.24. The molecule has 4 rings (SSSR count). The zero-order chi connectivity index (χ0) is 24.5. The smallest absolute Gasteiger partial charge is 0.274 e. The summed E-state index contributed by atoms with van der Waals surface area (Å²) in [6.07, 6.45) is 4.85. The fraction of sp³-hybridized carbons (Fsp3) is 0.231. The SMILES string of the molecule is CCCOc1ccc(NC(=O)/C(=C\c2ccco2)n2nnnc2-c2ccccc2)cc1OCCC. The predicted molar refractivity (Wildman–Crippen MR) is 133 cm³/mol. The molecule has 2 heterocycles. The third-order valence-electron chi connectivity index (χ3n) is 4.91. The molecule has 0 saturated carbocycles. The standard InChI is InChI=1S/C26H27N5O4/c1-3-14-34-23-13-12-20(17-24(23)35-15-4-2)27-26(32)22(18-21-11-8-16-33-21)31-25(28-29-30-31)19-9-6-5-7-10-19/h5-13,16-18H,3-4,14-15H2,1-2H3,(H,27,32)/b22-18+. The summed E-state index contributed by atoms with van der Waals surface area (Å²) in [5.74, 6) is 1.70. The Hall–Kier alpha value is -4.40. The minimum absolute atomic E-state index is 0.186. The fourth-order valence-electron chi connectivity index (χ4n) is 3.28. The summed E-state index contributed by atoms with van der Waals surface area (Å²) in [4.78, 5) is 13.5. The maximum atomic E-state index is 13.5. The van der Waals surface area contributed by atoms with Crippen molar-refractivity contribution >= 4 is 23.4 Å². The number of rotatable bonds is 11. The fourth-order valence-corrected chi connectivity index (χ4v) is 3.28. The molecule has 1 N–H and O–H groups in total. The van der Waals surface area contributed by atoms with Gasteiger partial charge in [-0.3, -0.25) is 4.79 Å². The van der Waals surface area contributed by atoms with E-state index < -0.39 is 5.91 Å². The van der Waals surface area contributed by atoms with Gasteiger partial charge in [0.1, 0.15) is 11.5 Å². The second kappa shape index (κ2) is 11.6. The molecule has 2 aromatic carbocycles. The number of furan rings is 1. The number of aromatic nitrogens is 4. The van der Waals surface area contributed by atoms with Crippen LogP contribution in [0.25, 0.3) is 23.2 Å². The average Bonchev–Trinajstić information content (AvgIpc) is 3.58. The molecule has 4 aromatic rings. The van der Waals surface area contributed by atoms with Crippen LogP contribution in [0.2, 0.25) is 0 Å². The summed E-state index contributed by atoms with van der Waals surface area (Å²) >= 11 is 0. The van der Waals surface area contributed by atoms with Gasteiger partial charge in [-0.05, 0) is 47.5 Å². The van der Waals surface area contributed by atoms with Crippen LogP contribution in [-0.2, 0) is 4.79 Å². The lowest BCUT2D eigenvalue weighted by atomic mass is 10.2. The first-order valence-electron chi connectivity index (χ1n) is 11.5. The van der Waals surface area contributed by atoms with Crippen LogP contribution in [-0.4, -0.2) is 39.3 Å². The van der Waals surface area contributed by atoms with Gasteiger partial charge in [-0.25, -0.2) is 0 Å². The number of amides is 1. The van der Waals surface area contributed by atoms with Crippen LogP contribution in [0.3, 0.4) is 0 Å². The zero-order valence-corrected chi connectivity index (χ0v) is 19.7. The molecular weight excluding hydrogens is 446 g/mol. The molecule has 0 spiro atoms. The summed E-state index contributed by atoms with van der Waals surface area (Å²) in [6.45, 7) is 5.18. The van der Waals surface area contributed by atoms with Crippen LogP contribution < -0.4 is 14.8 Å². The highest BCUT2D eigenvalue weighted by Gasteiger charge is 2.20. The number of tetrazole rings is 1. The number of carbonyl (C=O) groups is 1. The van der Waals surface area contributed by atoms with Crippen molar-refractivity contribution in [2.24, 2.45) is 0 Å². The maximum Gasteiger partial charge on any atom is 0.274 e. The van der Waals surface area contributed by atoms with E-state index in [0.29, 0.717) is 42.0 Å². The molecule has 0 fully saturated rings. The van der Waals surface area contributed by atoms with Crippen molar-refractivity contribution in [3.63, 3.8) is 0 Å². The third kappa shape index (κ3) is 5.94. The lowest BCUT2D eigenvalue weighted by Crippen LogP contribution is -2.19. The van der Waals surface area contributed by atoms with Crippen LogP contribution >= 0.6 is 0 Å². The number of ether oxygens (including phenoxy) is 2. The molecule has 0 aliphatic carbocycles. The minimum Gasteiger partial charge on any atom is -0.490 e.